The minimum Gasteiger partial charge on any atom is -0.481 e. The zero-order valence-corrected chi connectivity index (χ0v) is 12.3. The second-order valence-corrected chi connectivity index (χ2v) is 6.59. The van der Waals surface area contributed by atoms with Crippen molar-refractivity contribution in [3.05, 3.63) is 35.9 Å². The van der Waals surface area contributed by atoms with E-state index >= 15 is 0 Å². The smallest absolute Gasteiger partial charge is 0.311 e. The van der Waals surface area contributed by atoms with E-state index in [0.717, 1.165) is 30.0 Å². The highest BCUT2D eigenvalue weighted by Crippen LogP contribution is 2.60. The van der Waals surface area contributed by atoms with Crippen LogP contribution in [0.3, 0.4) is 0 Å². The Balaban J connectivity index is 1.93. The summed E-state index contributed by atoms with van der Waals surface area (Å²) in [7, 11) is 4.08. The van der Waals surface area contributed by atoms with Crippen LogP contribution in [-0.4, -0.2) is 48.1 Å². The molecule has 1 fully saturated rings. The van der Waals surface area contributed by atoms with Crippen LogP contribution < -0.4 is 0 Å². The molecule has 1 aromatic carbocycles. The topological polar surface area (TPSA) is 40.5 Å². The fourth-order valence-electron chi connectivity index (χ4n) is 2.39. The highest BCUT2D eigenvalue weighted by molar-refractivity contribution is 7.99. The van der Waals surface area contributed by atoms with Crippen LogP contribution in [0.4, 0.5) is 0 Å². The van der Waals surface area contributed by atoms with Crippen LogP contribution in [-0.2, 0) is 4.79 Å². The van der Waals surface area contributed by atoms with E-state index in [4.69, 9.17) is 0 Å². The number of aliphatic carboxylic acids is 1. The molecule has 0 saturated heterocycles. The summed E-state index contributed by atoms with van der Waals surface area (Å²) in [6.45, 7) is 0.996. The van der Waals surface area contributed by atoms with Gasteiger partial charge in [-0.2, -0.15) is 11.8 Å². The summed E-state index contributed by atoms with van der Waals surface area (Å²) in [5.41, 5.74) is 0.635. The van der Waals surface area contributed by atoms with Gasteiger partial charge in [-0.1, -0.05) is 30.3 Å². The standard InChI is InChI=1S/C15H21NO2S/c1-16(2)8-9-19-11-15(14(17)18)10-13(15)12-6-4-3-5-7-12/h3-7,13H,8-11H2,1-2H3,(H,17,18). The van der Waals surface area contributed by atoms with Crippen LogP contribution in [0.25, 0.3) is 0 Å². The van der Waals surface area contributed by atoms with E-state index in [1.54, 1.807) is 11.8 Å². The summed E-state index contributed by atoms with van der Waals surface area (Å²) in [5, 5.41) is 9.52. The maximum absolute atomic E-state index is 11.6. The van der Waals surface area contributed by atoms with Crippen LogP contribution in [0.2, 0.25) is 0 Å². The number of thioether (sulfide) groups is 1. The van der Waals surface area contributed by atoms with Crippen LogP contribution in [0.1, 0.15) is 17.9 Å². The van der Waals surface area contributed by atoms with Crippen LogP contribution in [0.5, 0.6) is 0 Å². The number of nitrogens with zero attached hydrogens (tertiary/aromatic N) is 1. The van der Waals surface area contributed by atoms with E-state index in [0.29, 0.717) is 0 Å². The number of rotatable bonds is 7. The molecule has 0 spiro atoms. The lowest BCUT2D eigenvalue weighted by Crippen LogP contribution is -2.22. The van der Waals surface area contributed by atoms with Crippen molar-refractivity contribution >= 4 is 17.7 Å². The molecule has 0 aromatic heterocycles. The maximum Gasteiger partial charge on any atom is 0.311 e. The number of carboxylic acid groups (broad SMARTS) is 1. The Morgan fingerprint density at radius 3 is 2.68 bits per heavy atom. The molecular weight excluding hydrogens is 258 g/mol. The van der Waals surface area contributed by atoms with E-state index < -0.39 is 11.4 Å². The number of benzene rings is 1. The molecule has 104 valence electrons. The third kappa shape index (κ3) is 3.31. The molecule has 1 saturated carbocycles. The minimum absolute atomic E-state index is 0.193. The summed E-state index contributed by atoms with van der Waals surface area (Å²) in [6.07, 6.45) is 0.779. The van der Waals surface area contributed by atoms with Crippen molar-refractivity contribution in [2.24, 2.45) is 5.41 Å². The molecule has 0 bridgehead atoms. The first-order chi connectivity index (χ1) is 9.06. The largest absolute Gasteiger partial charge is 0.481 e. The molecule has 1 aliphatic carbocycles. The van der Waals surface area contributed by atoms with Crippen molar-refractivity contribution in [3.63, 3.8) is 0 Å². The van der Waals surface area contributed by atoms with Gasteiger partial charge in [-0.3, -0.25) is 4.79 Å². The first kappa shape index (κ1) is 14.4. The molecule has 0 amide bonds. The predicted molar refractivity (Wildman–Crippen MR) is 79.7 cm³/mol. The van der Waals surface area contributed by atoms with Crippen molar-refractivity contribution in [1.29, 1.82) is 0 Å². The van der Waals surface area contributed by atoms with Crippen LogP contribution in [0.15, 0.2) is 30.3 Å². The average molecular weight is 279 g/mol. The average Bonchev–Trinajstić information content (AvgIpc) is 3.12. The molecule has 1 aromatic rings. The monoisotopic (exact) mass is 279 g/mol. The van der Waals surface area contributed by atoms with E-state index in [9.17, 15) is 9.90 Å². The van der Waals surface area contributed by atoms with E-state index in [-0.39, 0.29) is 5.92 Å². The zero-order valence-electron chi connectivity index (χ0n) is 11.5. The minimum atomic E-state index is -0.640. The summed E-state index contributed by atoms with van der Waals surface area (Å²) >= 11 is 1.76. The van der Waals surface area contributed by atoms with Gasteiger partial charge < -0.3 is 10.0 Å². The summed E-state index contributed by atoms with van der Waals surface area (Å²) < 4.78 is 0. The Bertz CT molecular complexity index is 435. The SMILES string of the molecule is CN(C)CCSCC1(C(=O)O)CC1c1ccccc1. The second-order valence-electron chi connectivity index (χ2n) is 5.48. The van der Waals surface area contributed by atoms with Crippen molar-refractivity contribution in [3.8, 4) is 0 Å². The fraction of sp³-hybridized carbons (Fsp3) is 0.533. The third-order valence-electron chi connectivity index (χ3n) is 3.75. The number of hydrogen-bond donors (Lipinski definition) is 1. The molecule has 2 rings (SSSR count). The number of hydrogen-bond acceptors (Lipinski definition) is 3. The van der Waals surface area contributed by atoms with Gasteiger partial charge in [0, 0.05) is 24.0 Å². The normalized spacial score (nSPS) is 25.5. The molecule has 4 heteroatoms. The molecule has 2 atom stereocenters. The summed E-state index contributed by atoms with van der Waals surface area (Å²) in [6, 6.07) is 10.0. The van der Waals surface area contributed by atoms with Crippen molar-refractivity contribution < 1.29 is 9.90 Å². The van der Waals surface area contributed by atoms with Gasteiger partial charge in [-0.25, -0.2) is 0 Å². The quantitative estimate of drug-likeness (QED) is 0.779. The zero-order chi connectivity index (χ0) is 13.9. The lowest BCUT2D eigenvalue weighted by Gasteiger charge is -2.14. The first-order valence-corrected chi connectivity index (χ1v) is 7.72. The van der Waals surface area contributed by atoms with Gasteiger partial charge in [-0.05, 0) is 26.1 Å². The van der Waals surface area contributed by atoms with Gasteiger partial charge in [0.25, 0.3) is 0 Å². The molecule has 1 aliphatic rings. The number of carbonyl (C=O) groups is 1. The van der Waals surface area contributed by atoms with Gasteiger partial charge in [0.05, 0.1) is 5.41 Å². The summed E-state index contributed by atoms with van der Waals surface area (Å²) in [4.78, 5) is 13.7. The van der Waals surface area contributed by atoms with Crippen LogP contribution in [0, 0.1) is 5.41 Å². The molecule has 1 N–H and O–H groups in total. The van der Waals surface area contributed by atoms with Gasteiger partial charge in [0.2, 0.25) is 0 Å². The predicted octanol–water partition coefficient (Wildman–Crippen LogP) is 2.54. The van der Waals surface area contributed by atoms with Gasteiger partial charge in [-0.15, -0.1) is 0 Å². The Morgan fingerprint density at radius 2 is 2.11 bits per heavy atom. The Labute approximate surface area is 119 Å². The molecular formula is C15H21NO2S. The lowest BCUT2D eigenvalue weighted by atomic mass is 10.0. The van der Waals surface area contributed by atoms with Gasteiger partial charge in [0.1, 0.15) is 0 Å². The Hall–Kier alpha value is -1.00. The fourth-order valence-corrected chi connectivity index (χ4v) is 3.83. The molecule has 19 heavy (non-hydrogen) atoms. The summed E-state index contributed by atoms with van der Waals surface area (Å²) in [5.74, 6) is 1.26. The maximum atomic E-state index is 11.6. The van der Waals surface area contributed by atoms with Crippen molar-refractivity contribution in [2.45, 2.75) is 12.3 Å². The number of carboxylic acids is 1. The molecule has 3 nitrogen and oxygen atoms in total. The highest BCUT2D eigenvalue weighted by Gasteiger charge is 2.60. The molecule has 0 heterocycles. The Kier molecular flexibility index (Phi) is 4.53. The first-order valence-electron chi connectivity index (χ1n) is 6.57. The third-order valence-corrected chi connectivity index (χ3v) is 4.94. The van der Waals surface area contributed by atoms with Crippen LogP contribution >= 0.6 is 11.8 Å². The second kappa shape index (κ2) is 5.97. The molecule has 2 unspecified atom stereocenters. The van der Waals surface area contributed by atoms with E-state index in [2.05, 4.69) is 4.90 Å². The van der Waals surface area contributed by atoms with Gasteiger partial charge >= 0.3 is 5.97 Å². The van der Waals surface area contributed by atoms with Gasteiger partial charge in [0.15, 0.2) is 0 Å². The van der Waals surface area contributed by atoms with E-state index in [1.165, 1.54) is 0 Å². The van der Waals surface area contributed by atoms with Crippen molar-refractivity contribution in [1.82, 2.24) is 4.90 Å². The van der Waals surface area contributed by atoms with E-state index in [1.807, 2.05) is 44.4 Å². The van der Waals surface area contributed by atoms with Crippen molar-refractivity contribution in [2.75, 3.05) is 32.1 Å². The lowest BCUT2D eigenvalue weighted by molar-refractivity contribution is -0.142. The molecule has 0 aliphatic heterocycles. The highest BCUT2D eigenvalue weighted by atomic mass is 32.2. The Morgan fingerprint density at radius 1 is 1.42 bits per heavy atom. The molecule has 0 radical (unpaired) electrons.